The van der Waals surface area contributed by atoms with Crippen LogP contribution in [-0.2, 0) is 0 Å². The van der Waals surface area contributed by atoms with Crippen molar-refractivity contribution in [2.45, 2.75) is 26.7 Å². The highest BCUT2D eigenvalue weighted by molar-refractivity contribution is 8.03. The van der Waals surface area contributed by atoms with Gasteiger partial charge in [-0.2, -0.15) is 0 Å². The van der Waals surface area contributed by atoms with Gasteiger partial charge >= 0.3 is 0 Å². The molecular formula is C10H15ClS. The minimum absolute atomic E-state index is 0.624. The summed E-state index contributed by atoms with van der Waals surface area (Å²) in [6, 6.07) is 0. The molecule has 1 rings (SSSR count). The molecule has 1 unspecified atom stereocenters. The molecule has 0 radical (unpaired) electrons. The first kappa shape index (κ1) is 10.2. The van der Waals surface area contributed by atoms with Crippen LogP contribution in [0.5, 0.6) is 0 Å². The molecule has 2 heteroatoms. The molecule has 0 aromatic heterocycles. The first-order valence-electron chi connectivity index (χ1n) is 4.43. The van der Waals surface area contributed by atoms with E-state index in [1.165, 1.54) is 17.1 Å². The Morgan fingerprint density at radius 3 is 2.92 bits per heavy atom. The van der Waals surface area contributed by atoms with Crippen molar-refractivity contribution in [3.8, 4) is 0 Å². The van der Waals surface area contributed by atoms with E-state index in [1.54, 1.807) is 0 Å². The minimum Gasteiger partial charge on any atom is -0.130 e. The predicted octanol–water partition coefficient (Wildman–Crippen LogP) is 4.18. The molecule has 0 bridgehead atoms. The molecule has 0 aromatic carbocycles. The van der Waals surface area contributed by atoms with E-state index in [2.05, 4.69) is 19.9 Å². The van der Waals surface area contributed by atoms with Crippen molar-refractivity contribution in [1.29, 1.82) is 0 Å². The van der Waals surface area contributed by atoms with E-state index in [1.807, 2.05) is 17.8 Å². The molecule has 68 valence electrons. The van der Waals surface area contributed by atoms with Crippen LogP contribution in [0.1, 0.15) is 26.7 Å². The van der Waals surface area contributed by atoms with Crippen LogP contribution >= 0.6 is 23.4 Å². The Labute approximate surface area is 84.1 Å². The predicted molar refractivity (Wildman–Crippen MR) is 58.5 cm³/mol. The van der Waals surface area contributed by atoms with Gasteiger partial charge < -0.3 is 0 Å². The fourth-order valence-electron chi connectivity index (χ4n) is 1.21. The Bertz CT molecular complexity index is 206. The van der Waals surface area contributed by atoms with E-state index in [0.717, 1.165) is 11.5 Å². The summed E-state index contributed by atoms with van der Waals surface area (Å²) >= 11 is 7.88. The lowest BCUT2D eigenvalue weighted by molar-refractivity contribution is 0.715. The normalized spacial score (nSPS) is 23.4. The van der Waals surface area contributed by atoms with Crippen LogP contribution in [0.4, 0.5) is 0 Å². The third-order valence-electron chi connectivity index (χ3n) is 1.89. The molecule has 0 nitrogen and oxygen atoms in total. The Morgan fingerprint density at radius 1 is 1.58 bits per heavy atom. The first-order chi connectivity index (χ1) is 5.74. The highest BCUT2D eigenvalue weighted by Gasteiger charge is 2.13. The molecule has 0 fully saturated rings. The highest BCUT2D eigenvalue weighted by Crippen LogP contribution is 2.33. The van der Waals surface area contributed by atoms with Crippen molar-refractivity contribution < 1.29 is 0 Å². The summed E-state index contributed by atoms with van der Waals surface area (Å²) in [6.07, 6.45) is 6.45. The van der Waals surface area contributed by atoms with Crippen molar-refractivity contribution >= 4 is 23.4 Å². The smallest absolute Gasteiger partial charge is 0.0187 e. The Balaban J connectivity index is 2.51. The quantitative estimate of drug-likeness (QED) is 0.662. The average Bonchev–Trinajstić information content (AvgIpc) is 2.03. The SMILES string of the molecule is CCCSC1=CC=C(Cl)CC1C. The fraction of sp³-hybridized carbons (Fsp3) is 0.600. The van der Waals surface area contributed by atoms with Crippen LogP contribution in [0.3, 0.4) is 0 Å². The van der Waals surface area contributed by atoms with Gasteiger partial charge in [-0.3, -0.25) is 0 Å². The molecule has 0 heterocycles. The molecule has 0 amide bonds. The van der Waals surface area contributed by atoms with Crippen molar-refractivity contribution in [2.24, 2.45) is 5.92 Å². The van der Waals surface area contributed by atoms with Gasteiger partial charge in [-0.25, -0.2) is 0 Å². The average molecular weight is 203 g/mol. The topological polar surface area (TPSA) is 0 Å². The van der Waals surface area contributed by atoms with Crippen LogP contribution in [0, 0.1) is 5.92 Å². The number of allylic oxidation sites excluding steroid dienone is 4. The van der Waals surface area contributed by atoms with Gasteiger partial charge in [0, 0.05) is 5.03 Å². The van der Waals surface area contributed by atoms with Gasteiger partial charge in [-0.05, 0) is 35.5 Å². The zero-order valence-electron chi connectivity index (χ0n) is 7.64. The molecule has 0 saturated heterocycles. The lowest BCUT2D eigenvalue weighted by atomic mass is 10.0. The lowest BCUT2D eigenvalue weighted by Gasteiger charge is -2.17. The van der Waals surface area contributed by atoms with Crippen LogP contribution in [-0.4, -0.2) is 5.75 Å². The van der Waals surface area contributed by atoms with E-state index < -0.39 is 0 Å². The summed E-state index contributed by atoms with van der Waals surface area (Å²) in [5.41, 5.74) is 0. The zero-order chi connectivity index (χ0) is 8.97. The minimum atomic E-state index is 0.624. The van der Waals surface area contributed by atoms with Crippen molar-refractivity contribution in [3.05, 3.63) is 22.1 Å². The second kappa shape index (κ2) is 4.98. The van der Waals surface area contributed by atoms with E-state index in [4.69, 9.17) is 11.6 Å². The molecular weight excluding hydrogens is 188 g/mol. The molecule has 12 heavy (non-hydrogen) atoms. The van der Waals surface area contributed by atoms with Gasteiger partial charge in [-0.15, -0.1) is 11.8 Å². The third-order valence-corrected chi connectivity index (χ3v) is 3.65. The van der Waals surface area contributed by atoms with Crippen LogP contribution in [0.25, 0.3) is 0 Å². The van der Waals surface area contributed by atoms with Crippen LogP contribution in [0.2, 0.25) is 0 Å². The fourth-order valence-corrected chi connectivity index (χ4v) is 2.47. The Hall–Kier alpha value is 0.120. The number of hydrogen-bond acceptors (Lipinski definition) is 1. The number of thioether (sulfide) groups is 1. The molecule has 0 aliphatic heterocycles. The standard InChI is InChI=1S/C10H15ClS/c1-3-6-12-10-5-4-9(11)7-8(10)2/h4-5,8H,3,6-7H2,1-2H3. The molecule has 1 atom stereocenters. The highest BCUT2D eigenvalue weighted by atomic mass is 35.5. The summed E-state index contributed by atoms with van der Waals surface area (Å²) in [5.74, 6) is 1.85. The van der Waals surface area contributed by atoms with E-state index in [9.17, 15) is 0 Å². The molecule has 0 saturated carbocycles. The number of rotatable bonds is 3. The molecule has 0 aromatic rings. The van der Waals surface area contributed by atoms with E-state index in [-0.39, 0.29) is 0 Å². The lowest BCUT2D eigenvalue weighted by Crippen LogP contribution is -2.00. The molecule has 0 N–H and O–H groups in total. The van der Waals surface area contributed by atoms with E-state index >= 15 is 0 Å². The summed E-state index contributed by atoms with van der Waals surface area (Å²) < 4.78 is 0. The Morgan fingerprint density at radius 2 is 2.33 bits per heavy atom. The van der Waals surface area contributed by atoms with Gasteiger partial charge in [0.15, 0.2) is 0 Å². The summed E-state index contributed by atoms with van der Waals surface area (Å²) in [7, 11) is 0. The molecule has 1 aliphatic carbocycles. The van der Waals surface area contributed by atoms with Gasteiger partial charge in [0.05, 0.1) is 0 Å². The summed E-state index contributed by atoms with van der Waals surface area (Å²) in [6.45, 7) is 4.45. The van der Waals surface area contributed by atoms with Crippen molar-refractivity contribution in [1.82, 2.24) is 0 Å². The van der Waals surface area contributed by atoms with E-state index in [0.29, 0.717) is 5.92 Å². The third kappa shape index (κ3) is 2.87. The Kier molecular flexibility index (Phi) is 4.24. The molecule has 0 spiro atoms. The number of halogens is 1. The second-order valence-corrected chi connectivity index (χ2v) is 4.79. The van der Waals surface area contributed by atoms with Gasteiger partial charge in [0.1, 0.15) is 0 Å². The molecule has 1 aliphatic rings. The number of hydrogen-bond donors (Lipinski definition) is 0. The van der Waals surface area contributed by atoms with Gasteiger partial charge in [0.2, 0.25) is 0 Å². The maximum atomic E-state index is 5.92. The van der Waals surface area contributed by atoms with Gasteiger partial charge in [-0.1, -0.05) is 31.5 Å². The largest absolute Gasteiger partial charge is 0.130 e. The first-order valence-corrected chi connectivity index (χ1v) is 5.79. The second-order valence-electron chi connectivity index (χ2n) is 3.14. The summed E-state index contributed by atoms with van der Waals surface area (Å²) in [4.78, 5) is 1.49. The van der Waals surface area contributed by atoms with Gasteiger partial charge in [0.25, 0.3) is 0 Å². The monoisotopic (exact) mass is 202 g/mol. The maximum absolute atomic E-state index is 5.92. The van der Waals surface area contributed by atoms with Crippen LogP contribution < -0.4 is 0 Å². The zero-order valence-corrected chi connectivity index (χ0v) is 9.21. The summed E-state index contributed by atoms with van der Waals surface area (Å²) in [5, 5.41) is 0.989. The van der Waals surface area contributed by atoms with Crippen molar-refractivity contribution in [2.75, 3.05) is 5.75 Å². The van der Waals surface area contributed by atoms with Crippen molar-refractivity contribution in [3.63, 3.8) is 0 Å². The van der Waals surface area contributed by atoms with Crippen LogP contribution in [0.15, 0.2) is 22.1 Å². The maximum Gasteiger partial charge on any atom is 0.0187 e.